The summed E-state index contributed by atoms with van der Waals surface area (Å²) in [7, 11) is 0. The standard InChI is InChI=1S/C23H36N4O2S/c1-4-24-21(25-16-23(9-14-30-17-23)27-10-12-28-13-11-27)26-19-15-22(2,3)29-20-8-6-5-7-18(19)20/h5-8,19H,4,9-17H2,1-3H3,(H2,24,25,26). The Kier molecular flexibility index (Phi) is 6.80. The van der Waals surface area contributed by atoms with Gasteiger partial charge in [0.1, 0.15) is 11.4 Å². The largest absolute Gasteiger partial charge is 0.487 e. The predicted molar refractivity (Wildman–Crippen MR) is 125 cm³/mol. The van der Waals surface area contributed by atoms with Crippen LogP contribution in [0.2, 0.25) is 0 Å². The van der Waals surface area contributed by atoms with Crippen molar-refractivity contribution in [1.29, 1.82) is 0 Å². The summed E-state index contributed by atoms with van der Waals surface area (Å²) >= 11 is 2.06. The first-order valence-corrected chi connectivity index (χ1v) is 12.4. The second-order valence-electron chi connectivity index (χ2n) is 9.12. The molecule has 2 unspecified atom stereocenters. The molecule has 6 nitrogen and oxygen atoms in total. The first kappa shape index (κ1) is 21.8. The lowest BCUT2D eigenvalue weighted by Gasteiger charge is -2.42. The van der Waals surface area contributed by atoms with Gasteiger partial charge in [-0.05, 0) is 39.0 Å². The Morgan fingerprint density at radius 2 is 2.07 bits per heavy atom. The highest BCUT2D eigenvalue weighted by Crippen LogP contribution is 2.39. The van der Waals surface area contributed by atoms with Crippen LogP contribution >= 0.6 is 11.8 Å². The Morgan fingerprint density at radius 3 is 2.80 bits per heavy atom. The van der Waals surface area contributed by atoms with Crippen molar-refractivity contribution in [3.05, 3.63) is 29.8 Å². The van der Waals surface area contributed by atoms with Gasteiger partial charge in [-0.25, -0.2) is 0 Å². The van der Waals surface area contributed by atoms with Crippen molar-refractivity contribution < 1.29 is 9.47 Å². The summed E-state index contributed by atoms with van der Waals surface area (Å²) in [5.41, 5.74) is 1.16. The van der Waals surface area contributed by atoms with Gasteiger partial charge in [-0.3, -0.25) is 9.89 Å². The number of benzene rings is 1. The van der Waals surface area contributed by atoms with Crippen molar-refractivity contribution in [1.82, 2.24) is 15.5 Å². The molecule has 0 spiro atoms. The monoisotopic (exact) mass is 432 g/mol. The van der Waals surface area contributed by atoms with Gasteiger partial charge in [0.25, 0.3) is 0 Å². The number of rotatable bonds is 5. The molecule has 0 bridgehead atoms. The first-order valence-electron chi connectivity index (χ1n) is 11.2. The summed E-state index contributed by atoms with van der Waals surface area (Å²) in [6, 6.07) is 8.54. The summed E-state index contributed by atoms with van der Waals surface area (Å²) in [6.45, 7) is 11.8. The van der Waals surface area contributed by atoms with E-state index in [1.165, 1.54) is 17.7 Å². The molecule has 2 N–H and O–H groups in total. The van der Waals surface area contributed by atoms with Gasteiger partial charge in [-0.2, -0.15) is 11.8 Å². The SMILES string of the molecule is CCNC(=NCC1(N2CCOCC2)CCSC1)NC1CC(C)(C)Oc2ccccc21. The Morgan fingerprint density at radius 1 is 1.27 bits per heavy atom. The quantitative estimate of drug-likeness (QED) is 0.551. The molecule has 1 aromatic carbocycles. The van der Waals surface area contributed by atoms with E-state index in [9.17, 15) is 0 Å². The van der Waals surface area contributed by atoms with E-state index in [1.807, 2.05) is 6.07 Å². The van der Waals surface area contributed by atoms with Crippen LogP contribution in [0, 0.1) is 0 Å². The molecule has 0 aromatic heterocycles. The molecule has 0 amide bonds. The number of hydrogen-bond acceptors (Lipinski definition) is 5. The molecule has 0 radical (unpaired) electrons. The van der Waals surface area contributed by atoms with E-state index in [0.29, 0.717) is 0 Å². The molecule has 2 saturated heterocycles. The lowest BCUT2D eigenvalue weighted by atomic mass is 9.90. The van der Waals surface area contributed by atoms with Crippen molar-refractivity contribution >= 4 is 17.7 Å². The van der Waals surface area contributed by atoms with Gasteiger partial charge in [-0.15, -0.1) is 0 Å². The number of ether oxygens (including phenoxy) is 2. The number of nitrogens with one attached hydrogen (secondary N) is 2. The van der Waals surface area contributed by atoms with Crippen LogP contribution in [0.1, 0.15) is 45.2 Å². The highest BCUT2D eigenvalue weighted by Gasteiger charge is 2.41. The maximum absolute atomic E-state index is 6.21. The van der Waals surface area contributed by atoms with Crippen LogP contribution in [0.5, 0.6) is 5.75 Å². The third kappa shape index (κ3) is 4.89. The van der Waals surface area contributed by atoms with Crippen LogP contribution in [0.4, 0.5) is 0 Å². The van der Waals surface area contributed by atoms with E-state index in [4.69, 9.17) is 14.5 Å². The van der Waals surface area contributed by atoms with E-state index < -0.39 is 0 Å². The smallest absolute Gasteiger partial charge is 0.191 e. The number of morpholine rings is 1. The fourth-order valence-corrected chi connectivity index (χ4v) is 6.22. The number of guanidine groups is 1. The zero-order chi connectivity index (χ0) is 21.0. The Bertz CT molecular complexity index is 742. The molecule has 3 aliphatic rings. The number of thioether (sulfide) groups is 1. The minimum absolute atomic E-state index is 0.156. The first-order chi connectivity index (χ1) is 14.5. The van der Waals surface area contributed by atoms with E-state index >= 15 is 0 Å². The number of fused-ring (bicyclic) bond motifs is 1. The van der Waals surface area contributed by atoms with Crippen molar-refractivity contribution in [2.75, 3.05) is 50.9 Å². The Hall–Kier alpha value is -1.44. The molecule has 7 heteroatoms. The predicted octanol–water partition coefficient (Wildman–Crippen LogP) is 3.05. The highest BCUT2D eigenvalue weighted by atomic mass is 32.2. The normalized spacial score (nSPS) is 29.2. The molecule has 2 atom stereocenters. The maximum atomic E-state index is 6.21. The van der Waals surface area contributed by atoms with Gasteiger partial charge in [0.2, 0.25) is 0 Å². The summed E-state index contributed by atoms with van der Waals surface area (Å²) in [5, 5.41) is 7.20. The number of hydrogen-bond donors (Lipinski definition) is 2. The lowest BCUT2D eigenvalue weighted by molar-refractivity contribution is -0.0104. The van der Waals surface area contributed by atoms with Gasteiger partial charge in [-0.1, -0.05) is 18.2 Å². The number of nitrogens with zero attached hydrogens (tertiary/aromatic N) is 2. The average molecular weight is 433 g/mol. The number of aliphatic imine (C=N–C) groups is 1. The summed E-state index contributed by atoms with van der Waals surface area (Å²) in [5.74, 6) is 4.25. The Balaban J connectivity index is 1.53. The fraction of sp³-hybridized carbons (Fsp3) is 0.696. The fourth-order valence-electron chi connectivity index (χ4n) is 4.75. The van der Waals surface area contributed by atoms with Crippen LogP contribution in [0.3, 0.4) is 0 Å². The van der Waals surface area contributed by atoms with E-state index in [2.05, 4.69) is 66.3 Å². The zero-order valence-corrected chi connectivity index (χ0v) is 19.4. The van der Waals surface area contributed by atoms with Crippen molar-refractivity contribution in [3.63, 3.8) is 0 Å². The third-order valence-corrected chi connectivity index (χ3v) is 7.56. The van der Waals surface area contributed by atoms with Gasteiger partial charge < -0.3 is 20.1 Å². The van der Waals surface area contributed by atoms with Crippen molar-refractivity contribution in [2.24, 2.45) is 4.99 Å². The van der Waals surface area contributed by atoms with E-state index in [0.717, 1.165) is 63.3 Å². The minimum atomic E-state index is -0.208. The van der Waals surface area contributed by atoms with Crippen LogP contribution in [-0.4, -0.2) is 72.9 Å². The lowest BCUT2D eigenvalue weighted by Crippen LogP contribution is -2.56. The topological polar surface area (TPSA) is 58.1 Å². The molecule has 4 rings (SSSR count). The minimum Gasteiger partial charge on any atom is -0.487 e. The zero-order valence-electron chi connectivity index (χ0n) is 18.6. The molecule has 3 aliphatic heterocycles. The molecule has 166 valence electrons. The van der Waals surface area contributed by atoms with Crippen molar-refractivity contribution in [3.8, 4) is 5.75 Å². The Labute approximate surface area is 185 Å². The second-order valence-corrected chi connectivity index (χ2v) is 10.2. The molecule has 1 aromatic rings. The molecular weight excluding hydrogens is 396 g/mol. The van der Waals surface area contributed by atoms with Crippen LogP contribution in [0.25, 0.3) is 0 Å². The summed E-state index contributed by atoms with van der Waals surface area (Å²) in [6.07, 6.45) is 2.10. The highest BCUT2D eigenvalue weighted by molar-refractivity contribution is 7.99. The van der Waals surface area contributed by atoms with Crippen molar-refractivity contribution in [2.45, 2.75) is 50.8 Å². The molecule has 0 saturated carbocycles. The van der Waals surface area contributed by atoms with Gasteiger partial charge in [0.15, 0.2) is 5.96 Å². The van der Waals surface area contributed by atoms with Gasteiger partial charge in [0, 0.05) is 37.4 Å². The van der Waals surface area contributed by atoms with E-state index in [1.54, 1.807) is 0 Å². The molecular formula is C23H36N4O2S. The maximum Gasteiger partial charge on any atom is 0.191 e. The van der Waals surface area contributed by atoms with Gasteiger partial charge >= 0.3 is 0 Å². The molecule has 30 heavy (non-hydrogen) atoms. The van der Waals surface area contributed by atoms with Crippen LogP contribution < -0.4 is 15.4 Å². The second kappa shape index (κ2) is 9.37. The average Bonchev–Trinajstić information content (AvgIpc) is 3.22. The molecule has 0 aliphatic carbocycles. The third-order valence-electron chi connectivity index (χ3n) is 6.33. The van der Waals surface area contributed by atoms with Crippen LogP contribution in [0.15, 0.2) is 29.3 Å². The molecule has 2 fully saturated rings. The summed E-state index contributed by atoms with van der Waals surface area (Å²) in [4.78, 5) is 7.74. The van der Waals surface area contributed by atoms with E-state index in [-0.39, 0.29) is 17.2 Å². The van der Waals surface area contributed by atoms with Crippen LogP contribution in [-0.2, 0) is 4.74 Å². The molecule has 3 heterocycles. The number of para-hydroxylation sites is 1. The summed E-state index contributed by atoms with van der Waals surface area (Å²) < 4.78 is 11.8. The van der Waals surface area contributed by atoms with Gasteiger partial charge in [0.05, 0.1) is 31.3 Å².